The number of likely N-dealkylation sites (tertiary alicyclic amines) is 2. The number of nitrogens with two attached hydrogens (primary N) is 3. The summed E-state index contributed by atoms with van der Waals surface area (Å²) in [4.78, 5) is 312. The number of carbonyl (C=O) groups excluding carboxylic acids is 19. The van der Waals surface area contributed by atoms with Gasteiger partial charge in [0.25, 0.3) is 0 Å². The van der Waals surface area contributed by atoms with Gasteiger partial charge in [-0.25, -0.2) is 4.98 Å². The number of hydrogen-bond acceptors (Lipinski definition) is 28. The maximum atomic E-state index is 14.8. The van der Waals surface area contributed by atoms with E-state index in [1.54, 1.807) is 54.7 Å². The molecule has 0 unspecified atom stereocenters. The number of aliphatic carboxylic acids is 3. The summed E-state index contributed by atoms with van der Waals surface area (Å²) in [5, 5.41) is 110. The molecule has 0 spiro atoms. The average molecular weight is 1980 g/mol. The Labute approximate surface area is 803 Å². The lowest BCUT2D eigenvalue weighted by molar-refractivity contribution is -0.145. The van der Waals surface area contributed by atoms with Crippen molar-refractivity contribution in [1.82, 2.24) is 120 Å². The van der Waals surface area contributed by atoms with Gasteiger partial charge < -0.3 is 163 Å². The van der Waals surface area contributed by atoms with Gasteiger partial charge in [-0.05, 0) is 95.4 Å². The van der Waals surface area contributed by atoms with Crippen LogP contribution in [-0.2, 0) is 125 Å². The summed E-state index contributed by atoms with van der Waals surface area (Å²) in [5.74, 6) is -26.5. The Morgan fingerprint density at radius 2 is 0.872 bits per heavy atom. The molecule has 7 rings (SSSR count). The maximum absolute atomic E-state index is 14.8. The number of guanidine groups is 1. The number of aliphatic hydroxyl groups excluding tert-OH is 3. The number of amides is 19. The molecule has 141 heavy (non-hydrogen) atoms. The number of aliphatic hydroxyl groups is 3. The third-order valence-electron chi connectivity index (χ3n) is 22.6. The Hall–Kier alpha value is -15.8. The largest absolute Gasteiger partial charge is 0.481 e. The van der Waals surface area contributed by atoms with Crippen LogP contribution >= 0.6 is 0 Å². The van der Waals surface area contributed by atoms with Crippen molar-refractivity contribution in [1.29, 1.82) is 5.41 Å². The van der Waals surface area contributed by atoms with Crippen LogP contribution in [0, 0.1) is 11.3 Å². The molecule has 55 heteroatoms. The van der Waals surface area contributed by atoms with Gasteiger partial charge in [0.05, 0.1) is 70.6 Å². The van der Waals surface area contributed by atoms with Gasteiger partial charge in [0, 0.05) is 85.0 Å². The number of H-pyrrole nitrogens is 3. The second kappa shape index (κ2) is 53.8. The molecular weight excluding hydrogens is 1860 g/mol. The Morgan fingerprint density at radius 1 is 0.447 bits per heavy atom. The first-order valence-electron chi connectivity index (χ1n) is 44.8. The summed E-state index contributed by atoms with van der Waals surface area (Å²) in [6, 6.07) is -11.2. The molecule has 0 radical (unpaired) electrons. The van der Waals surface area contributed by atoms with Gasteiger partial charge in [-0.15, -0.1) is 0 Å². The fraction of sp³-hybridized carbons (Fsp3) is 0.512. The fourth-order valence-corrected chi connectivity index (χ4v) is 15.3. The lowest BCUT2D eigenvalue weighted by Gasteiger charge is -2.30. The van der Waals surface area contributed by atoms with Crippen LogP contribution in [0.1, 0.15) is 116 Å². The van der Waals surface area contributed by atoms with Crippen LogP contribution < -0.4 is 108 Å². The zero-order valence-corrected chi connectivity index (χ0v) is 77.7. The monoisotopic (exact) mass is 1980 g/mol. The lowest BCUT2D eigenvalue weighted by atomic mass is 9.99. The Morgan fingerprint density at radius 3 is 1.35 bits per heavy atom. The number of primary amides is 1. The Kier molecular flexibility index (Phi) is 42.8. The minimum atomic E-state index is -2.02. The number of nitrogens with one attached hydrogen (secondary N) is 21. The molecule has 5 aromatic rings. The maximum Gasteiger partial charge on any atom is 0.325 e. The number of nitrogens with zero attached hydrogens (tertiary/aromatic N) is 3. The number of benzene rings is 2. The van der Waals surface area contributed by atoms with E-state index in [0.29, 0.717) is 38.6 Å². The van der Waals surface area contributed by atoms with E-state index in [0.717, 1.165) is 23.6 Å². The number of carboxylic acid groups (broad SMARTS) is 3. The van der Waals surface area contributed by atoms with Crippen molar-refractivity contribution in [3.05, 3.63) is 90.3 Å². The first-order chi connectivity index (χ1) is 66.7. The summed E-state index contributed by atoms with van der Waals surface area (Å²) in [6.07, 6.45) is -1.61. The fourth-order valence-electron chi connectivity index (χ4n) is 15.3. The van der Waals surface area contributed by atoms with Gasteiger partial charge in [-0.3, -0.25) is 111 Å². The summed E-state index contributed by atoms with van der Waals surface area (Å²) >= 11 is 0. The topological polar surface area (TPSA) is 870 Å². The molecule has 55 nitrogen and oxygen atoms in total. The molecule has 2 aromatic carbocycles. The molecule has 0 bridgehead atoms. The second-order valence-corrected chi connectivity index (χ2v) is 33.9. The minimum absolute atomic E-state index is 0.0128. The normalized spacial score (nSPS) is 16.5. The summed E-state index contributed by atoms with van der Waals surface area (Å²) in [6.45, 7) is 2.62. The van der Waals surface area contributed by atoms with Crippen LogP contribution in [0.4, 0.5) is 0 Å². The summed E-state index contributed by atoms with van der Waals surface area (Å²) < 4.78 is 0. The molecule has 768 valence electrons. The number of rotatable bonds is 55. The van der Waals surface area contributed by atoms with E-state index in [-0.39, 0.29) is 71.0 Å². The highest BCUT2D eigenvalue weighted by Crippen LogP contribution is 2.25. The molecule has 17 atom stereocenters. The Bertz CT molecular complexity index is 5390. The highest BCUT2D eigenvalue weighted by atomic mass is 16.4. The second-order valence-electron chi connectivity index (χ2n) is 33.9. The van der Waals surface area contributed by atoms with Gasteiger partial charge in [0.1, 0.15) is 90.6 Å². The standard InChI is InChI=1S/C86H121N27O28/c1-39(2)68(81(136)111-69(42(5)115)80(135)97-35-63(119)101-51(18-11-21-92-86(89)90)71(126)95-34-64(120)103-56(28-66(122)123)75(130)108-58(37-114)84(139)113-23-13-19-59(113)78(133)100-41(4)85(140)141)110-77(132)53(25-45-32-94-50-17-10-8-15-48(45)50)105-76(131)57(29-67(124)125)107-79(134)60-20-12-22-112(60)83(138)40(3)99-82(137)70(43(6)116)109-65(121)36-96-72(127)54(26-46-33-91-38-98-46)106-73(128)52(24-44-31-93-49-16-9-7-14-47(44)49)104-74(129)55(27-61(88)117)102-62(118)30-87/h7-10,14-17,31-33,38-43,51-60,68-70,93-94,114-116H,11-13,18-30,34-37,87H2,1-6H3,(H2,88,117)(H,91,98)(H,95,126)(H,96,127)(H,97,135)(H,99,137)(H,100,133)(H,101,119)(H,102,118)(H,103,120)(H,104,129)(H,105,131)(H,106,128)(H,107,134)(H,108,130)(H,109,121)(H,110,132)(H,111,136)(H,122,123)(H,124,125)(H,140,141)(H4,89,90,92)/t40-,41-,42+,43+,51-,52-,53-,54-,55-,56-,57-,58-,59-,60-,68-,69-,70-/m0/s1. The predicted octanol–water partition coefficient (Wildman–Crippen LogP) is -11.4. The van der Waals surface area contributed by atoms with E-state index < -0.39 is 303 Å². The molecule has 0 aliphatic carbocycles. The van der Waals surface area contributed by atoms with Crippen LogP contribution in [0.3, 0.4) is 0 Å². The average Bonchev–Trinajstić information content (AvgIpc) is 1.64. The van der Waals surface area contributed by atoms with E-state index in [9.17, 15) is 136 Å². The summed E-state index contributed by atoms with van der Waals surface area (Å²) in [5.41, 5.74) is 18.6. The summed E-state index contributed by atoms with van der Waals surface area (Å²) in [7, 11) is 0. The number of fused-ring (bicyclic) bond motifs is 2. The molecule has 5 heterocycles. The first-order valence-corrected chi connectivity index (χ1v) is 44.8. The number of hydrogen-bond donors (Lipinski definition) is 30. The number of carbonyl (C=O) groups is 22. The van der Waals surface area contributed by atoms with Crippen molar-refractivity contribution in [2.75, 3.05) is 52.4 Å². The van der Waals surface area contributed by atoms with Crippen LogP contribution in [0.15, 0.2) is 73.4 Å². The Balaban J connectivity index is 0.971. The van der Waals surface area contributed by atoms with Crippen molar-refractivity contribution < 1.29 is 136 Å². The molecule has 3 aromatic heterocycles. The van der Waals surface area contributed by atoms with Gasteiger partial charge >= 0.3 is 17.9 Å². The lowest BCUT2D eigenvalue weighted by Crippen LogP contribution is -2.62. The minimum Gasteiger partial charge on any atom is -0.481 e. The number of para-hydroxylation sites is 2. The number of imidazole rings is 1. The molecule has 33 N–H and O–H groups in total. The quantitative estimate of drug-likeness (QED) is 0.00976. The number of aromatic nitrogens is 4. The SMILES string of the molecule is CC(C)[C@H](NC(=O)[C@H](Cc1c[nH]c2ccccc12)NC(=O)[C@H](CC(=O)O)NC(=O)[C@@H]1CCCN1C(=O)[C@H](C)NC(=O)[C@@H](NC(=O)CNC(=O)[C@H](Cc1cnc[nH]1)NC(=O)[C@H](Cc1c[nH]c2ccccc12)NC(=O)[C@H](CC(N)=O)NC(=O)CN)[C@@H](C)O)C(=O)N[C@H](C(=O)NCC(=O)N[C@@H](CCCNC(=N)N)C(=O)NCC(=O)N[C@@H](CC(=O)O)C(=O)N[C@@H](CO)C(=O)N1CCC[C@H]1C(=O)N[C@@H](C)C(=O)O)[C@@H](C)O. The first kappa shape index (κ1) is 112. The van der Waals surface area contributed by atoms with E-state index in [1.807, 2.05) is 0 Å². The molecule has 2 saturated heterocycles. The molecule has 2 fully saturated rings. The van der Waals surface area contributed by atoms with Crippen molar-refractivity contribution in [2.24, 2.45) is 23.1 Å². The third kappa shape index (κ3) is 34.1. The zero-order valence-electron chi connectivity index (χ0n) is 77.7. The van der Waals surface area contributed by atoms with Gasteiger partial charge in [0.15, 0.2) is 5.96 Å². The molecular formula is C86H121N27O28. The molecule has 19 amide bonds. The number of carboxylic acids is 3. The molecule has 2 aliphatic rings. The zero-order chi connectivity index (χ0) is 104. The van der Waals surface area contributed by atoms with Crippen LogP contribution in [0.5, 0.6) is 0 Å². The number of aromatic amines is 3. The van der Waals surface area contributed by atoms with Crippen molar-refractivity contribution in [3.63, 3.8) is 0 Å². The van der Waals surface area contributed by atoms with E-state index in [1.165, 1.54) is 46.4 Å². The van der Waals surface area contributed by atoms with Crippen molar-refractivity contribution in [2.45, 2.75) is 221 Å². The van der Waals surface area contributed by atoms with E-state index >= 15 is 0 Å². The molecule has 0 saturated carbocycles. The predicted molar refractivity (Wildman–Crippen MR) is 491 cm³/mol. The van der Waals surface area contributed by atoms with Gasteiger partial charge in [0.2, 0.25) is 112 Å². The van der Waals surface area contributed by atoms with Crippen molar-refractivity contribution in [3.8, 4) is 0 Å². The van der Waals surface area contributed by atoms with Crippen LogP contribution in [-0.4, -0.2) is 352 Å². The van der Waals surface area contributed by atoms with E-state index in [4.69, 9.17) is 22.6 Å². The van der Waals surface area contributed by atoms with Gasteiger partial charge in [-0.1, -0.05) is 50.2 Å². The third-order valence-corrected chi connectivity index (χ3v) is 22.6. The van der Waals surface area contributed by atoms with Crippen molar-refractivity contribution >= 4 is 158 Å². The van der Waals surface area contributed by atoms with E-state index in [2.05, 4.69) is 110 Å². The highest BCUT2D eigenvalue weighted by Gasteiger charge is 2.44. The highest BCUT2D eigenvalue weighted by molar-refractivity contribution is 6.03. The van der Waals surface area contributed by atoms with Gasteiger partial charge in [-0.2, -0.15) is 0 Å². The smallest absolute Gasteiger partial charge is 0.325 e. The van der Waals surface area contributed by atoms with Crippen LogP contribution in [0.25, 0.3) is 21.8 Å². The molecule has 2 aliphatic heterocycles. The van der Waals surface area contributed by atoms with Crippen LogP contribution in [0.2, 0.25) is 0 Å².